The van der Waals surface area contributed by atoms with E-state index in [0.29, 0.717) is 24.8 Å². The third-order valence-electron chi connectivity index (χ3n) is 4.39. The fourth-order valence-electron chi connectivity index (χ4n) is 3.12. The Labute approximate surface area is 157 Å². The molecule has 0 heterocycles. The molecule has 0 radical (unpaired) electrons. The summed E-state index contributed by atoms with van der Waals surface area (Å²) in [6.07, 6.45) is -1.90. The van der Waals surface area contributed by atoms with E-state index in [9.17, 15) is 18.0 Å². The van der Waals surface area contributed by atoms with E-state index in [4.69, 9.17) is 4.74 Å². The lowest BCUT2D eigenvalue weighted by Gasteiger charge is -2.29. The van der Waals surface area contributed by atoms with Gasteiger partial charge in [-0.05, 0) is 43.0 Å². The van der Waals surface area contributed by atoms with Crippen LogP contribution in [-0.2, 0) is 24.0 Å². The first-order valence-corrected chi connectivity index (χ1v) is 8.85. The zero-order valence-corrected chi connectivity index (χ0v) is 15.5. The average molecular weight is 379 g/mol. The molecule has 0 aliphatic heterocycles. The second kappa shape index (κ2) is 8.93. The molecule has 0 aliphatic rings. The quantitative estimate of drug-likeness (QED) is 0.613. The Morgan fingerprint density at radius 1 is 1.07 bits per heavy atom. The van der Waals surface area contributed by atoms with Crippen LogP contribution in [0.1, 0.15) is 43.4 Å². The second-order valence-electron chi connectivity index (χ2n) is 6.85. The van der Waals surface area contributed by atoms with Gasteiger partial charge in [0, 0.05) is 5.54 Å². The highest BCUT2D eigenvalue weighted by Gasteiger charge is 2.35. The highest BCUT2D eigenvalue weighted by molar-refractivity contribution is 5.48. The topological polar surface area (TPSA) is 38.3 Å². The van der Waals surface area contributed by atoms with Gasteiger partial charge in [0.05, 0.1) is 5.56 Å². The van der Waals surface area contributed by atoms with Gasteiger partial charge in [0.1, 0.15) is 12.4 Å². The lowest BCUT2D eigenvalue weighted by atomic mass is 9.88. The molecule has 0 fully saturated rings. The van der Waals surface area contributed by atoms with Crippen molar-refractivity contribution in [1.82, 2.24) is 5.32 Å². The molecule has 0 aromatic heterocycles. The molecule has 0 spiro atoms. The fourth-order valence-corrected chi connectivity index (χ4v) is 3.12. The summed E-state index contributed by atoms with van der Waals surface area (Å²) in [4.78, 5) is 10.9. The first-order valence-electron chi connectivity index (χ1n) is 8.85. The summed E-state index contributed by atoms with van der Waals surface area (Å²) in [6.45, 7) is 3.92. The van der Waals surface area contributed by atoms with E-state index < -0.39 is 17.3 Å². The fraction of sp³-hybridized carbons (Fsp3) is 0.381. The molecule has 3 nitrogen and oxygen atoms in total. The van der Waals surface area contributed by atoms with Crippen molar-refractivity contribution in [2.45, 2.75) is 51.4 Å². The van der Waals surface area contributed by atoms with Gasteiger partial charge in [-0.25, -0.2) is 0 Å². The summed E-state index contributed by atoms with van der Waals surface area (Å²) in [5, 5.41) is 2.79. The Balaban J connectivity index is 2.28. The van der Waals surface area contributed by atoms with Gasteiger partial charge >= 0.3 is 6.18 Å². The number of hydrogen-bond acceptors (Lipinski definition) is 2. The number of halogens is 3. The van der Waals surface area contributed by atoms with E-state index in [1.54, 1.807) is 24.3 Å². The van der Waals surface area contributed by atoms with Crippen LogP contribution >= 0.6 is 0 Å². The molecular formula is C21H24F3NO2. The van der Waals surface area contributed by atoms with Crippen LogP contribution in [-0.4, -0.2) is 11.9 Å². The Hall–Kier alpha value is -2.50. The van der Waals surface area contributed by atoms with Crippen LogP contribution in [0.4, 0.5) is 13.2 Å². The SMILES string of the molecule is CCCC(C)(Cc1ccc(C(F)(F)F)c(OCc2ccccc2)c1)NC=O. The molecule has 0 saturated heterocycles. The van der Waals surface area contributed by atoms with E-state index in [1.165, 1.54) is 12.1 Å². The van der Waals surface area contributed by atoms with Crippen molar-refractivity contribution in [1.29, 1.82) is 0 Å². The van der Waals surface area contributed by atoms with Crippen molar-refractivity contribution in [2.24, 2.45) is 0 Å². The maximum absolute atomic E-state index is 13.3. The Morgan fingerprint density at radius 3 is 2.37 bits per heavy atom. The van der Waals surface area contributed by atoms with Crippen LogP contribution in [0, 0.1) is 0 Å². The van der Waals surface area contributed by atoms with Crippen LogP contribution in [0.3, 0.4) is 0 Å². The minimum absolute atomic E-state index is 0.0478. The van der Waals surface area contributed by atoms with Gasteiger partial charge < -0.3 is 10.1 Å². The monoisotopic (exact) mass is 379 g/mol. The van der Waals surface area contributed by atoms with Crippen LogP contribution in [0.5, 0.6) is 5.75 Å². The largest absolute Gasteiger partial charge is 0.488 e. The second-order valence-corrected chi connectivity index (χ2v) is 6.85. The van der Waals surface area contributed by atoms with Crippen molar-refractivity contribution in [3.8, 4) is 5.75 Å². The molecule has 1 atom stereocenters. The Bertz CT molecular complexity index is 747. The number of nitrogens with one attached hydrogen (secondary N) is 1. The van der Waals surface area contributed by atoms with Gasteiger partial charge in [0.2, 0.25) is 6.41 Å². The zero-order valence-electron chi connectivity index (χ0n) is 15.5. The molecular weight excluding hydrogens is 355 g/mol. The van der Waals surface area contributed by atoms with Crippen LogP contribution < -0.4 is 10.1 Å². The van der Waals surface area contributed by atoms with Gasteiger partial charge in [-0.15, -0.1) is 0 Å². The summed E-state index contributed by atoms with van der Waals surface area (Å²) in [5.41, 5.74) is 0.140. The molecule has 146 valence electrons. The number of carbonyl (C=O) groups is 1. The first kappa shape index (κ1) is 20.8. The standard InChI is InChI=1S/C21H24F3NO2/c1-3-11-20(2,25-15-26)13-17-9-10-18(21(22,23)24)19(12-17)27-14-16-7-5-4-6-8-16/h4-10,12,15H,3,11,13-14H2,1-2H3,(H,25,26). The predicted octanol–water partition coefficient (Wildman–Crippen LogP) is 5.13. The number of benzene rings is 2. The number of ether oxygens (including phenoxy) is 1. The van der Waals surface area contributed by atoms with Crippen LogP contribution in [0.25, 0.3) is 0 Å². The van der Waals surface area contributed by atoms with E-state index >= 15 is 0 Å². The third-order valence-corrected chi connectivity index (χ3v) is 4.39. The van der Waals surface area contributed by atoms with E-state index in [-0.39, 0.29) is 12.4 Å². The summed E-state index contributed by atoms with van der Waals surface area (Å²) in [6, 6.07) is 12.9. The summed E-state index contributed by atoms with van der Waals surface area (Å²) in [5.74, 6) is -0.200. The molecule has 1 N–H and O–H groups in total. The Kier molecular flexibility index (Phi) is 6.88. The van der Waals surface area contributed by atoms with Crippen LogP contribution in [0.15, 0.2) is 48.5 Å². The number of carbonyl (C=O) groups excluding carboxylic acids is 1. The van der Waals surface area contributed by atoms with E-state index in [2.05, 4.69) is 5.32 Å². The Morgan fingerprint density at radius 2 is 1.78 bits per heavy atom. The molecule has 27 heavy (non-hydrogen) atoms. The summed E-state index contributed by atoms with van der Waals surface area (Å²) in [7, 11) is 0. The lowest BCUT2D eigenvalue weighted by Crippen LogP contribution is -2.43. The highest BCUT2D eigenvalue weighted by atomic mass is 19.4. The minimum Gasteiger partial charge on any atom is -0.488 e. The number of amides is 1. The maximum Gasteiger partial charge on any atom is 0.419 e. The zero-order chi connectivity index (χ0) is 19.9. The number of hydrogen-bond donors (Lipinski definition) is 1. The maximum atomic E-state index is 13.3. The molecule has 2 rings (SSSR count). The minimum atomic E-state index is -4.50. The molecule has 0 bridgehead atoms. The summed E-state index contributed by atoms with van der Waals surface area (Å²) >= 11 is 0. The van der Waals surface area contributed by atoms with Gasteiger partial charge in [-0.1, -0.05) is 49.7 Å². The normalized spacial score (nSPS) is 13.7. The molecule has 2 aromatic carbocycles. The van der Waals surface area contributed by atoms with E-state index in [1.807, 2.05) is 19.9 Å². The first-order chi connectivity index (χ1) is 12.8. The van der Waals surface area contributed by atoms with Gasteiger partial charge in [-0.2, -0.15) is 13.2 Å². The van der Waals surface area contributed by atoms with Crippen molar-refractivity contribution in [2.75, 3.05) is 0 Å². The van der Waals surface area contributed by atoms with Crippen molar-refractivity contribution < 1.29 is 22.7 Å². The lowest BCUT2D eigenvalue weighted by molar-refractivity contribution is -0.139. The smallest absolute Gasteiger partial charge is 0.419 e. The molecule has 6 heteroatoms. The number of alkyl halides is 3. The molecule has 1 unspecified atom stereocenters. The average Bonchev–Trinajstić information content (AvgIpc) is 2.60. The third kappa shape index (κ3) is 6.01. The molecule has 0 saturated carbocycles. The van der Waals surface area contributed by atoms with Crippen molar-refractivity contribution in [3.05, 3.63) is 65.2 Å². The van der Waals surface area contributed by atoms with Gasteiger partial charge in [0.15, 0.2) is 0 Å². The molecule has 0 aliphatic carbocycles. The van der Waals surface area contributed by atoms with Gasteiger partial charge in [-0.3, -0.25) is 4.79 Å². The van der Waals surface area contributed by atoms with Gasteiger partial charge in [0.25, 0.3) is 0 Å². The van der Waals surface area contributed by atoms with E-state index in [0.717, 1.165) is 18.1 Å². The predicted molar refractivity (Wildman–Crippen MR) is 98.4 cm³/mol. The molecule has 2 aromatic rings. The van der Waals surface area contributed by atoms with Crippen LogP contribution in [0.2, 0.25) is 0 Å². The van der Waals surface area contributed by atoms with Crippen molar-refractivity contribution >= 4 is 6.41 Å². The van der Waals surface area contributed by atoms with Crippen molar-refractivity contribution in [3.63, 3.8) is 0 Å². The number of rotatable bonds is 9. The molecule has 1 amide bonds. The highest BCUT2D eigenvalue weighted by Crippen LogP contribution is 2.37. The summed E-state index contributed by atoms with van der Waals surface area (Å²) < 4.78 is 45.6.